The summed E-state index contributed by atoms with van der Waals surface area (Å²) in [5.74, 6) is 2.04. The van der Waals surface area contributed by atoms with Gasteiger partial charge in [-0.05, 0) is 73.6 Å². The second-order valence-electron chi connectivity index (χ2n) is 9.61. The molecular weight excluding hydrogens is 388 g/mol. The summed E-state index contributed by atoms with van der Waals surface area (Å²) >= 11 is 0. The average Bonchev–Trinajstić information content (AvgIpc) is 3.28. The fourth-order valence-corrected chi connectivity index (χ4v) is 5.82. The Morgan fingerprint density at radius 3 is 1.97 bits per heavy atom. The smallest absolute Gasteiger partial charge is 0.168 e. The number of ether oxygens (including phenoxy) is 3. The van der Waals surface area contributed by atoms with E-state index in [1.165, 1.54) is 12.8 Å². The molecule has 4 heteroatoms. The molecule has 0 amide bonds. The summed E-state index contributed by atoms with van der Waals surface area (Å²) in [6.07, 6.45) is 8.33. The number of benzene rings is 2. The molecule has 166 valence electrons. The van der Waals surface area contributed by atoms with Crippen molar-refractivity contribution in [3.8, 4) is 5.75 Å². The molecule has 0 atom stereocenters. The van der Waals surface area contributed by atoms with Crippen LogP contribution in [-0.4, -0.2) is 24.1 Å². The van der Waals surface area contributed by atoms with Gasteiger partial charge >= 0.3 is 0 Å². The van der Waals surface area contributed by atoms with Gasteiger partial charge in [0.05, 0.1) is 18.8 Å². The van der Waals surface area contributed by atoms with Crippen LogP contribution in [0.3, 0.4) is 0 Å². The number of aliphatic hydroxyl groups is 1. The van der Waals surface area contributed by atoms with Crippen LogP contribution in [0.5, 0.6) is 5.75 Å². The molecule has 1 N–H and O–H groups in total. The van der Waals surface area contributed by atoms with Gasteiger partial charge in [-0.25, -0.2) is 0 Å². The lowest BCUT2D eigenvalue weighted by Crippen LogP contribution is -2.39. The normalized spacial score (nSPS) is 28.6. The van der Waals surface area contributed by atoms with E-state index in [-0.39, 0.29) is 5.79 Å². The highest BCUT2D eigenvalue weighted by Crippen LogP contribution is 2.47. The van der Waals surface area contributed by atoms with E-state index in [0.29, 0.717) is 12.5 Å². The summed E-state index contributed by atoms with van der Waals surface area (Å²) in [5.41, 5.74) is 1.47. The zero-order chi connectivity index (χ0) is 21.2. The van der Waals surface area contributed by atoms with Crippen molar-refractivity contribution in [3.63, 3.8) is 0 Å². The Bertz CT molecular complexity index is 823. The van der Waals surface area contributed by atoms with Gasteiger partial charge in [-0.15, -0.1) is 0 Å². The molecule has 0 bridgehead atoms. The Balaban J connectivity index is 1.13. The van der Waals surface area contributed by atoms with Crippen molar-refractivity contribution in [2.45, 2.75) is 69.4 Å². The second-order valence-corrected chi connectivity index (χ2v) is 9.61. The van der Waals surface area contributed by atoms with Crippen molar-refractivity contribution >= 4 is 0 Å². The topological polar surface area (TPSA) is 47.9 Å². The van der Waals surface area contributed by atoms with E-state index in [1.54, 1.807) is 0 Å². The molecule has 0 aromatic heterocycles. The molecule has 3 aliphatic rings. The zero-order valence-corrected chi connectivity index (χ0v) is 18.3. The Morgan fingerprint density at radius 1 is 0.774 bits per heavy atom. The van der Waals surface area contributed by atoms with Crippen molar-refractivity contribution in [2.24, 2.45) is 11.8 Å². The standard InChI is InChI=1S/C27H34O4/c28-26(24-6-8-25(9-7-24)29-20-21-4-2-1-3-5-21)14-10-22(11-15-26)23-12-16-27(17-13-23)30-18-19-31-27/h1-9,22-23,28H,10-20H2. The van der Waals surface area contributed by atoms with E-state index in [1.807, 2.05) is 42.5 Å². The van der Waals surface area contributed by atoms with E-state index >= 15 is 0 Å². The lowest BCUT2D eigenvalue weighted by Gasteiger charge is -2.43. The molecule has 0 radical (unpaired) electrons. The number of hydrogen-bond donors (Lipinski definition) is 1. The van der Waals surface area contributed by atoms with Crippen LogP contribution in [0.2, 0.25) is 0 Å². The van der Waals surface area contributed by atoms with Crippen LogP contribution in [0.25, 0.3) is 0 Å². The molecule has 0 unspecified atom stereocenters. The molecule has 2 aliphatic carbocycles. The quantitative estimate of drug-likeness (QED) is 0.684. The molecule has 4 nitrogen and oxygen atoms in total. The van der Waals surface area contributed by atoms with Crippen LogP contribution < -0.4 is 4.74 Å². The molecule has 1 spiro atoms. The van der Waals surface area contributed by atoms with Gasteiger partial charge in [0, 0.05) is 12.8 Å². The highest BCUT2D eigenvalue weighted by Gasteiger charge is 2.44. The zero-order valence-electron chi connectivity index (χ0n) is 18.3. The number of rotatable bonds is 5. The maximum absolute atomic E-state index is 11.3. The van der Waals surface area contributed by atoms with Crippen molar-refractivity contribution in [3.05, 3.63) is 65.7 Å². The summed E-state index contributed by atoms with van der Waals surface area (Å²) < 4.78 is 17.7. The predicted octanol–water partition coefficient (Wildman–Crippen LogP) is 5.58. The van der Waals surface area contributed by atoms with Gasteiger partial charge in [0.15, 0.2) is 5.79 Å². The maximum atomic E-state index is 11.3. The predicted molar refractivity (Wildman–Crippen MR) is 120 cm³/mol. The van der Waals surface area contributed by atoms with Crippen LogP contribution in [-0.2, 0) is 21.7 Å². The highest BCUT2D eigenvalue weighted by atomic mass is 16.7. The molecule has 5 rings (SSSR count). The van der Waals surface area contributed by atoms with Gasteiger partial charge in [-0.1, -0.05) is 42.5 Å². The fourth-order valence-electron chi connectivity index (χ4n) is 5.82. The molecule has 1 aliphatic heterocycles. The van der Waals surface area contributed by atoms with Crippen molar-refractivity contribution in [1.82, 2.24) is 0 Å². The first-order valence-electron chi connectivity index (χ1n) is 11.9. The van der Waals surface area contributed by atoms with E-state index in [0.717, 1.165) is 74.5 Å². The summed E-state index contributed by atoms with van der Waals surface area (Å²) in [7, 11) is 0. The molecule has 2 saturated carbocycles. The van der Waals surface area contributed by atoms with Gasteiger partial charge in [0.25, 0.3) is 0 Å². The Labute approximate surface area is 185 Å². The van der Waals surface area contributed by atoms with Gasteiger partial charge in [-0.3, -0.25) is 0 Å². The summed E-state index contributed by atoms with van der Waals surface area (Å²) in [5, 5.41) is 11.3. The minimum absolute atomic E-state index is 0.268. The largest absolute Gasteiger partial charge is 0.489 e. The van der Waals surface area contributed by atoms with Crippen LogP contribution in [0.15, 0.2) is 54.6 Å². The van der Waals surface area contributed by atoms with E-state index in [4.69, 9.17) is 14.2 Å². The maximum Gasteiger partial charge on any atom is 0.168 e. The first-order chi connectivity index (χ1) is 15.1. The minimum Gasteiger partial charge on any atom is -0.489 e. The summed E-state index contributed by atoms with van der Waals surface area (Å²) in [6.45, 7) is 2.05. The Morgan fingerprint density at radius 2 is 1.35 bits per heavy atom. The molecule has 1 heterocycles. The molecule has 31 heavy (non-hydrogen) atoms. The third-order valence-electron chi connectivity index (χ3n) is 7.77. The second kappa shape index (κ2) is 8.93. The summed E-state index contributed by atoms with van der Waals surface area (Å²) in [4.78, 5) is 0. The fraction of sp³-hybridized carbons (Fsp3) is 0.556. The molecule has 1 saturated heterocycles. The first-order valence-corrected chi connectivity index (χ1v) is 11.9. The van der Waals surface area contributed by atoms with Crippen molar-refractivity contribution in [1.29, 1.82) is 0 Å². The average molecular weight is 423 g/mol. The lowest BCUT2D eigenvalue weighted by atomic mass is 9.67. The Hall–Kier alpha value is -1.88. The molecule has 2 aromatic carbocycles. The van der Waals surface area contributed by atoms with E-state index in [9.17, 15) is 5.11 Å². The third-order valence-corrected chi connectivity index (χ3v) is 7.77. The van der Waals surface area contributed by atoms with Crippen molar-refractivity contribution < 1.29 is 19.3 Å². The van der Waals surface area contributed by atoms with Crippen molar-refractivity contribution in [2.75, 3.05) is 13.2 Å². The first kappa shape index (κ1) is 21.0. The molecule has 3 fully saturated rings. The molecular formula is C27H34O4. The highest BCUT2D eigenvalue weighted by molar-refractivity contribution is 5.31. The van der Waals surface area contributed by atoms with Crippen LogP contribution >= 0.6 is 0 Å². The van der Waals surface area contributed by atoms with Gasteiger partial charge in [0.1, 0.15) is 12.4 Å². The summed E-state index contributed by atoms with van der Waals surface area (Å²) in [6, 6.07) is 18.3. The minimum atomic E-state index is -0.706. The van der Waals surface area contributed by atoms with Crippen LogP contribution in [0.4, 0.5) is 0 Å². The lowest BCUT2D eigenvalue weighted by molar-refractivity contribution is -0.186. The monoisotopic (exact) mass is 422 g/mol. The number of hydrogen-bond acceptors (Lipinski definition) is 4. The third kappa shape index (κ3) is 4.67. The van der Waals surface area contributed by atoms with Crippen LogP contribution in [0, 0.1) is 11.8 Å². The SMILES string of the molecule is OC1(c2ccc(OCc3ccccc3)cc2)CCC(C2CCC3(CC2)OCCO3)CC1. The van der Waals surface area contributed by atoms with E-state index < -0.39 is 5.60 Å². The Kier molecular flexibility index (Phi) is 6.05. The van der Waals surface area contributed by atoms with Crippen LogP contribution in [0.1, 0.15) is 62.5 Å². The van der Waals surface area contributed by atoms with Gasteiger partial charge < -0.3 is 19.3 Å². The van der Waals surface area contributed by atoms with E-state index in [2.05, 4.69) is 12.1 Å². The van der Waals surface area contributed by atoms with Gasteiger partial charge in [0.2, 0.25) is 0 Å². The van der Waals surface area contributed by atoms with Gasteiger partial charge in [-0.2, -0.15) is 0 Å². The molecule has 2 aromatic rings.